The van der Waals surface area contributed by atoms with Gasteiger partial charge < -0.3 is 26.4 Å². The number of carbonyl (C=O) groups is 4. The standard InChI is InChI=1S/C32H50N2O3.C6H12O2.C2H6O2.C2H2/c1-19(2)11-16-34-28(37)20-7-12-29(3)13-8-22-21(23(29)17-20)18-24(35)27-30(22,4)14-9-25-31(27,5)15-10-26(36)32(25,6)33;1-5(2)3-4-6(7)8;3-1-2-4;1-2/h18-20,22-23,25,27H,7-17,33H2,1-6H3,(H,34,37);5H,3-4H2,1-2H3,(H,7,8);3-4H,1-2H2;1-2H/t20-,22?,23?,25?,27?,29+,30?,31-,32+;;;/m0.../s1. The Bertz CT molecular complexity index is 1270. The third kappa shape index (κ3) is 9.91. The molecule has 1 amide bonds. The van der Waals surface area contributed by atoms with Crippen molar-refractivity contribution in [2.45, 2.75) is 138 Å². The summed E-state index contributed by atoms with van der Waals surface area (Å²) >= 11 is 0. The maximum absolute atomic E-state index is 14.2. The van der Waals surface area contributed by atoms with Gasteiger partial charge in [-0.05, 0) is 123 Å². The van der Waals surface area contributed by atoms with E-state index in [-0.39, 0.29) is 64.7 Å². The van der Waals surface area contributed by atoms with Crippen LogP contribution in [0, 0.1) is 70.5 Å². The van der Waals surface area contributed by atoms with E-state index < -0.39 is 11.5 Å². The Morgan fingerprint density at radius 3 is 2.00 bits per heavy atom. The normalized spacial score (nSPS) is 36.5. The fourth-order valence-corrected chi connectivity index (χ4v) is 10.6. The summed E-state index contributed by atoms with van der Waals surface area (Å²) in [6, 6.07) is 0. The van der Waals surface area contributed by atoms with Crippen molar-refractivity contribution in [3.05, 3.63) is 11.6 Å². The average Bonchev–Trinajstić information content (AvgIpc) is 3.06. The van der Waals surface area contributed by atoms with Gasteiger partial charge in [-0.1, -0.05) is 54.0 Å². The van der Waals surface area contributed by atoms with E-state index in [9.17, 15) is 19.2 Å². The third-order valence-electron chi connectivity index (χ3n) is 13.4. The second-order valence-corrected chi connectivity index (χ2v) is 17.8. The predicted molar refractivity (Wildman–Crippen MR) is 202 cm³/mol. The van der Waals surface area contributed by atoms with Gasteiger partial charge in [0.05, 0.1) is 18.8 Å². The van der Waals surface area contributed by atoms with Gasteiger partial charge in [-0.2, -0.15) is 0 Å². The summed E-state index contributed by atoms with van der Waals surface area (Å²) in [5.74, 6) is 1.73. The molecule has 4 saturated carbocycles. The first-order valence-electron chi connectivity index (χ1n) is 19.4. The number of hydrogen-bond donors (Lipinski definition) is 5. The summed E-state index contributed by atoms with van der Waals surface area (Å²) in [7, 11) is 0. The molecule has 0 aromatic carbocycles. The Kier molecular flexibility index (Phi) is 16.2. The minimum atomic E-state index is -0.844. The highest BCUT2D eigenvalue weighted by Gasteiger charge is 2.67. The first-order valence-corrected chi connectivity index (χ1v) is 19.4. The molecule has 4 fully saturated rings. The zero-order valence-corrected chi connectivity index (χ0v) is 32.9. The van der Waals surface area contributed by atoms with Gasteiger partial charge >= 0.3 is 5.97 Å². The molecule has 9 atom stereocenters. The van der Waals surface area contributed by atoms with Gasteiger partial charge in [0.1, 0.15) is 0 Å². The lowest BCUT2D eigenvalue weighted by atomic mass is 9.38. The molecule has 0 aliphatic heterocycles. The van der Waals surface area contributed by atoms with Crippen LogP contribution in [0.1, 0.15) is 132 Å². The van der Waals surface area contributed by atoms with Crippen LogP contribution in [-0.2, 0) is 19.2 Å². The van der Waals surface area contributed by atoms with Crippen molar-refractivity contribution in [1.29, 1.82) is 0 Å². The summed E-state index contributed by atoms with van der Waals surface area (Å²) in [6.45, 7) is 17.9. The molecule has 9 heteroatoms. The minimum Gasteiger partial charge on any atom is -0.481 e. The number of hydrogen-bond acceptors (Lipinski definition) is 7. The molecule has 0 heterocycles. The maximum atomic E-state index is 14.2. The molecule has 0 radical (unpaired) electrons. The van der Waals surface area contributed by atoms with E-state index in [1.165, 1.54) is 12.0 Å². The molecule has 0 aromatic heterocycles. The minimum absolute atomic E-state index is 0.0427. The Labute approximate surface area is 308 Å². The number of amides is 1. The van der Waals surface area contributed by atoms with Crippen molar-refractivity contribution in [2.24, 2.45) is 63.4 Å². The monoisotopic (exact) mass is 715 g/mol. The number of Topliss-reactive ketones (excluding diaryl/α,β-unsaturated/α-hetero) is 1. The molecule has 0 aromatic rings. The Morgan fingerprint density at radius 1 is 0.882 bits per heavy atom. The number of aliphatic hydroxyl groups excluding tert-OH is 2. The number of allylic oxidation sites excluding steroid dienone is 2. The lowest BCUT2D eigenvalue weighted by molar-refractivity contribution is -0.167. The van der Waals surface area contributed by atoms with Crippen molar-refractivity contribution < 1.29 is 34.5 Å². The van der Waals surface area contributed by atoms with Gasteiger partial charge in [0, 0.05) is 31.2 Å². The number of carboxylic acids is 1. The lowest BCUT2D eigenvalue weighted by Gasteiger charge is -2.66. The summed E-state index contributed by atoms with van der Waals surface area (Å²) < 4.78 is 0. The average molecular weight is 715 g/mol. The molecule has 5 unspecified atom stereocenters. The van der Waals surface area contributed by atoms with Crippen LogP contribution in [0.25, 0.3) is 0 Å². The van der Waals surface area contributed by atoms with Crippen molar-refractivity contribution in [3.63, 3.8) is 0 Å². The number of carboxylic acid groups (broad SMARTS) is 1. The van der Waals surface area contributed by atoms with Crippen molar-refractivity contribution in [3.8, 4) is 12.8 Å². The number of aliphatic carboxylic acids is 1. The number of ketones is 2. The summed E-state index contributed by atoms with van der Waals surface area (Å²) in [6.07, 6.45) is 20.4. The van der Waals surface area contributed by atoms with E-state index >= 15 is 0 Å². The number of aliphatic hydroxyl groups is 2. The topological polar surface area (TPSA) is 167 Å². The third-order valence-corrected chi connectivity index (χ3v) is 13.4. The van der Waals surface area contributed by atoms with E-state index in [2.05, 4.69) is 52.8 Å². The van der Waals surface area contributed by atoms with Gasteiger partial charge in [0.25, 0.3) is 0 Å². The Morgan fingerprint density at radius 2 is 1.47 bits per heavy atom. The first-order chi connectivity index (χ1) is 23.8. The van der Waals surface area contributed by atoms with Crippen molar-refractivity contribution in [1.82, 2.24) is 5.32 Å². The molecular formula is C42H70N2O7. The fraction of sp³-hybridized carbons (Fsp3) is 0.810. The second kappa shape index (κ2) is 18.5. The van der Waals surface area contributed by atoms with Gasteiger partial charge in [-0.25, -0.2) is 0 Å². The summed E-state index contributed by atoms with van der Waals surface area (Å²) in [5, 5.41) is 26.6. The largest absolute Gasteiger partial charge is 0.481 e. The number of carbonyl (C=O) groups excluding carboxylic acids is 3. The fourth-order valence-electron chi connectivity index (χ4n) is 10.6. The van der Waals surface area contributed by atoms with Gasteiger partial charge in [0.2, 0.25) is 5.91 Å². The molecule has 5 aliphatic rings. The number of rotatable bonds is 8. The highest BCUT2D eigenvalue weighted by molar-refractivity contribution is 5.96. The Hall–Kier alpha value is -2.54. The molecule has 5 aliphatic carbocycles. The lowest BCUT2D eigenvalue weighted by Crippen LogP contribution is -2.68. The molecule has 0 saturated heterocycles. The van der Waals surface area contributed by atoms with Crippen LogP contribution < -0.4 is 11.1 Å². The van der Waals surface area contributed by atoms with E-state index in [0.717, 1.165) is 64.3 Å². The highest BCUT2D eigenvalue weighted by Crippen LogP contribution is 2.69. The van der Waals surface area contributed by atoms with Gasteiger partial charge in [-0.15, -0.1) is 12.8 Å². The van der Waals surface area contributed by atoms with E-state index in [0.29, 0.717) is 36.5 Å². The Balaban J connectivity index is 0.000000550. The van der Waals surface area contributed by atoms with E-state index in [4.69, 9.17) is 21.1 Å². The molecule has 6 N–H and O–H groups in total. The predicted octanol–water partition coefficient (Wildman–Crippen LogP) is 6.34. The number of fused-ring (bicyclic) bond motifs is 7. The van der Waals surface area contributed by atoms with Crippen molar-refractivity contribution >= 4 is 23.4 Å². The molecule has 51 heavy (non-hydrogen) atoms. The molecule has 290 valence electrons. The first kappa shape index (κ1) is 44.6. The molecular weight excluding hydrogens is 644 g/mol. The molecule has 9 nitrogen and oxygen atoms in total. The smallest absolute Gasteiger partial charge is 0.303 e. The van der Waals surface area contributed by atoms with Crippen LogP contribution in [0.3, 0.4) is 0 Å². The number of nitrogens with two attached hydrogens (primary N) is 1. The number of terminal acetylenes is 1. The van der Waals surface area contributed by atoms with Crippen LogP contribution in [-0.4, -0.2) is 64.1 Å². The van der Waals surface area contributed by atoms with Gasteiger partial charge in [0.15, 0.2) is 11.6 Å². The van der Waals surface area contributed by atoms with Crippen LogP contribution >= 0.6 is 0 Å². The quantitative estimate of drug-likeness (QED) is 0.182. The molecule has 5 rings (SSSR count). The molecule has 0 bridgehead atoms. The zero-order chi connectivity index (χ0) is 38.9. The second-order valence-electron chi connectivity index (χ2n) is 17.8. The van der Waals surface area contributed by atoms with Crippen LogP contribution in [0.15, 0.2) is 11.6 Å². The maximum Gasteiger partial charge on any atom is 0.303 e. The van der Waals surface area contributed by atoms with Crippen molar-refractivity contribution in [2.75, 3.05) is 19.8 Å². The SMILES string of the molecule is C#C.CC(C)CCC(=O)O.CC(C)CCNC(=O)[C@H]1CC[C@]2(C)CCC3C(=CC(=O)C4C3(C)CCC3[C@]4(C)CCC(=O)[C@]3(C)N)C2C1.OCCO. The summed E-state index contributed by atoms with van der Waals surface area (Å²) in [5.41, 5.74) is 7.03. The van der Waals surface area contributed by atoms with Crippen LogP contribution in [0.5, 0.6) is 0 Å². The van der Waals surface area contributed by atoms with E-state index in [1.807, 2.05) is 26.8 Å². The van der Waals surface area contributed by atoms with Gasteiger partial charge in [-0.3, -0.25) is 19.2 Å². The molecule has 0 spiro atoms. The number of nitrogens with one attached hydrogen (secondary N) is 1. The zero-order valence-electron chi connectivity index (χ0n) is 32.9. The van der Waals surface area contributed by atoms with Crippen LogP contribution in [0.2, 0.25) is 0 Å². The van der Waals surface area contributed by atoms with Crippen LogP contribution in [0.4, 0.5) is 0 Å². The van der Waals surface area contributed by atoms with E-state index in [1.54, 1.807) is 0 Å². The summed E-state index contributed by atoms with van der Waals surface area (Å²) in [4.78, 5) is 50.0. The highest BCUT2D eigenvalue weighted by atomic mass is 16.4.